The maximum atomic E-state index is 10.4. The van der Waals surface area contributed by atoms with Crippen molar-refractivity contribution in [2.24, 2.45) is 0 Å². The molecular weight excluding hydrogens is 446 g/mol. The monoisotopic (exact) mass is 473 g/mol. The van der Waals surface area contributed by atoms with Crippen LogP contribution in [0, 0.1) is 6.92 Å². The summed E-state index contributed by atoms with van der Waals surface area (Å²) in [5.41, 5.74) is 3.67. The molecule has 0 amide bonds. The van der Waals surface area contributed by atoms with Gasteiger partial charge in [0.1, 0.15) is 17.2 Å². The number of likely N-dealkylation sites (tertiary alicyclic amines) is 1. The van der Waals surface area contributed by atoms with E-state index in [1.165, 1.54) is 12.8 Å². The number of aliphatic hydroxyl groups excluding tert-OH is 1. The molecule has 3 atom stereocenters. The van der Waals surface area contributed by atoms with E-state index in [0.717, 1.165) is 63.4 Å². The first-order chi connectivity index (χ1) is 15.4. The summed E-state index contributed by atoms with van der Waals surface area (Å²) < 4.78 is 8.97. The lowest BCUT2D eigenvalue weighted by Gasteiger charge is -2.47. The highest BCUT2D eigenvalue weighted by molar-refractivity contribution is 7.16. The van der Waals surface area contributed by atoms with Crippen molar-refractivity contribution in [3.63, 3.8) is 0 Å². The molecule has 2 fully saturated rings. The molecule has 1 spiro atoms. The second-order valence-corrected chi connectivity index (χ2v) is 11.2. The maximum Gasteiger partial charge on any atom is 0.152 e. The van der Waals surface area contributed by atoms with Crippen molar-refractivity contribution in [2.75, 3.05) is 18.5 Å². The van der Waals surface area contributed by atoms with Gasteiger partial charge in [0.15, 0.2) is 5.82 Å². The predicted molar refractivity (Wildman–Crippen MR) is 125 cm³/mol. The fourth-order valence-corrected chi connectivity index (χ4v) is 6.64. The Labute approximate surface area is 196 Å². The van der Waals surface area contributed by atoms with Gasteiger partial charge in [0.05, 0.1) is 28.5 Å². The number of aromatic nitrogens is 3. The molecule has 0 radical (unpaired) electrons. The summed E-state index contributed by atoms with van der Waals surface area (Å²) in [5, 5.41) is 18.8. The van der Waals surface area contributed by atoms with Crippen molar-refractivity contribution < 1.29 is 9.84 Å². The molecule has 1 aliphatic carbocycles. The largest absolute Gasteiger partial charge is 0.386 e. The molecule has 7 nitrogen and oxygen atoms in total. The van der Waals surface area contributed by atoms with Crippen LogP contribution < -0.4 is 5.32 Å². The summed E-state index contributed by atoms with van der Waals surface area (Å²) in [6, 6.07) is 4.95. The number of aryl methyl sites for hydroxylation is 1. The number of anilines is 1. The number of halogens is 1. The van der Waals surface area contributed by atoms with Crippen LogP contribution in [0.15, 0.2) is 18.3 Å². The molecule has 32 heavy (non-hydrogen) atoms. The summed E-state index contributed by atoms with van der Waals surface area (Å²) >= 11 is 7.86. The van der Waals surface area contributed by atoms with Gasteiger partial charge in [-0.2, -0.15) is 5.10 Å². The number of hydrogen-bond donors (Lipinski definition) is 2. The first kappa shape index (κ1) is 20.9. The van der Waals surface area contributed by atoms with Crippen LogP contribution in [0.25, 0.3) is 5.52 Å². The number of rotatable bonds is 4. The molecule has 9 heteroatoms. The molecule has 6 rings (SSSR count). The number of ether oxygens (including phenoxy) is 1. The maximum absolute atomic E-state index is 10.4. The molecule has 1 unspecified atom stereocenters. The molecule has 2 aliphatic heterocycles. The van der Waals surface area contributed by atoms with Crippen molar-refractivity contribution in [1.82, 2.24) is 19.5 Å². The molecule has 0 bridgehead atoms. The Morgan fingerprint density at radius 3 is 3.00 bits per heavy atom. The lowest BCUT2D eigenvalue weighted by molar-refractivity contribution is -0.139. The number of thiophene rings is 1. The Balaban J connectivity index is 1.22. The van der Waals surface area contributed by atoms with Gasteiger partial charge >= 0.3 is 0 Å². The third-order valence-corrected chi connectivity index (χ3v) is 8.45. The molecule has 3 aliphatic rings. The van der Waals surface area contributed by atoms with Crippen LogP contribution in [0.5, 0.6) is 0 Å². The summed E-state index contributed by atoms with van der Waals surface area (Å²) in [6.07, 6.45) is 5.61. The van der Waals surface area contributed by atoms with Gasteiger partial charge in [0.2, 0.25) is 0 Å². The molecule has 5 heterocycles. The van der Waals surface area contributed by atoms with E-state index in [0.29, 0.717) is 18.7 Å². The minimum absolute atomic E-state index is 0.321. The zero-order valence-corrected chi connectivity index (χ0v) is 19.9. The first-order valence-corrected chi connectivity index (χ1v) is 12.6. The number of piperidine rings is 1. The molecule has 1 saturated heterocycles. The molecule has 2 N–H and O–H groups in total. The van der Waals surface area contributed by atoms with E-state index in [1.54, 1.807) is 11.3 Å². The zero-order chi connectivity index (χ0) is 22.0. The quantitative estimate of drug-likeness (QED) is 0.589. The Morgan fingerprint density at radius 2 is 2.22 bits per heavy atom. The van der Waals surface area contributed by atoms with Crippen molar-refractivity contribution in [1.29, 1.82) is 0 Å². The van der Waals surface area contributed by atoms with Crippen LogP contribution in [0.1, 0.15) is 60.5 Å². The zero-order valence-electron chi connectivity index (χ0n) is 18.3. The fourth-order valence-electron chi connectivity index (χ4n) is 5.17. The number of hydrogen-bond acceptors (Lipinski definition) is 7. The summed E-state index contributed by atoms with van der Waals surface area (Å²) in [4.78, 5) is 8.30. The second kappa shape index (κ2) is 7.67. The minimum atomic E-state index is -0.582. The number of fused-ring (bicyclic) bond motifs is 3. The third kappa shape index (κ3) is 3.62. The molecular formula is C23H28ClN5O2S. The van der Waals surface area contributed by atoms with Crippen LogP contribution in [-0.2, 0) is 16.9 Å². The lowest BCUT2D eigenvalue weighted by atomic mass is 9.81. The van der Waals surface area contributed by atoms with E-state index < -0.39 is 6.10 Å². The van der Waals surface area contributed by atoms with E-state index in [1.807, 2.05) is 23.7 Å². The van der Waals surface area contributed by atoms with Crippen LogP contribution in [0.3, 0.4) is 0 Å². The Bertz CT molecular complexity index is 1170. The standard InChI is InChI=1S/C23H28ClN5O2S/c1-13-10-29-18(22(25-13)26-15-3-4-15)7-16(27-29)11-28-6-5-23(9-14(28)2)21-17(8-20(24)32-21)19(30)12-31-23/h7-8,10,14-15,19,30H,3-6,9,11-12H2,1-2H3,(H,25,26)/t14-,19?,23+/m0/s1. The molecule has 1 saturated carbocycles. The second-order valence-electron chi connectivity index (χ2n) is 9.54. The van der Waals surface area contributed by atoms with Gasteiger partial charge in [-0.1, -0.05) is 11.6 Å². The van der Waals surface area contributed by atoms with E-state index in [-0.39, 0.29) is 5.60 Å². The van der Waals surface area contributed by atoms with Gasteiger partial charge in [0, 0.05) is 35.6 Å². The highest BCUT2D eigenvalue weighted by Gasteiger charge is 2.46. The van der Waals surface area contributed by atoms with E-state index in [4.69, 9.17) is 26.4 Å². The smallest absolute Gasteiger partial charge is 0.152 e. The molecule has 0 aromatic carbocycles. The SMILES string of the molecule is Cc1cn2nc(CN3CC[C@]4(C[C@@H]3C)OCC(O)c3cc(Cl)sc34)cc2c(NC2CC2)n1. The number of nitrogens with one attached hydrogen (secondary N) is 1. The van der Waals surface area contributed by atoms with Crippen LogP contribution in [-0.4, -0.2) is 49.8 Å². The minimum Gasteiger partial charge on any atom is -0.386 e. The Hall–Kier alpha value is -1.71. The topological polar surface area (TPSA) is 74.9 Å². The Morgan fingerprint density at radius 1 is 1.38 bits per heavy atom. The lowest BCUT2D eigenvalue weighted by Crippen LogP contribution is -2.50. The van der Waals surface area contributed by atoms with Crippen molar-refractivity contribution in [3.8, 4) is 0 Å². The normalized spacial score (nSPS) is 28.4. The Kier molecular flexibility index (Phi) is 5.00. The van der Waals surface area contributed by atoms with Crippen LogP contribution in [0.4, 0.5) is 5.82 Å². The van der Waals surface area contributed by atoms with Crippen molar-refractivity contribution in [2.45, 2.75) is 69.9 Å². The highest BCUT2D eigenvalue weighted by Crippen LogP contribution is 2.50. The van der Waals surface area contributed by atoms with E-state index >= 15 is 0 Å². The highest BCUT2D eigenvalue weighted by atomic mass is 35.5. The van der Waals surface area contributed by atoms with Crippen molar-refractivity contribution in [3.05, 3.63) is 44.5 Å². The van der Waals surface area contributed by atoms with Gasteiger partial charge in [-0.3, -0.25) is 4.90 Å². The molecule has 3 aromatic heterocycles. The molecule has 170 valence electrons. The first-order valence-electron chi connectivity index (χ1n) is 11.4. The number of aliphatic hydroxyl groups is 1. The fraction of sp³-hybridized carbons (Fsp3) is 0.565. The average Bonchev–Trinajstić information content (AvgIpc) is 3.31. The van der Waals surface area contributed by atoms with Gasteiger partial charge in [-0.05, 0) is 51.7 Å². The third-order valence-electron chi connectivity index (χ3n) is 6.98. The van der Waals surface area contributed by atoms with Gasteiger partial charge in [0.25, 0.3) is 0 Å². The van der Waals surface area contributed by atoms with Gasteiger partial charge in [-0.25, -0.2) is 9.50 Å². The number of nitrogens with zero attached hydrogens (tertiary/aromatic N) is 4. The predicted octanol–water partition coefficient (Wildman–Crippen LogP) is 4.27. The average molecular weight is 474 g/mol. The van der Waals surface area contributed by atoms with Gasteiger partial charge in [-0.15, -0.1) is 11.3 Å². The summed E-state index contributed by atoms with van der Waals surface area (Å²) in [5.74, 6) is 0.938. The molecule has 3 aromatic rings. The van der Waals surface area contributed by atoms with Crippen LogP contribution >= 0.6 is 22.9 Å². The van der Waals surface area contributed by atoms with E-state index in [2.05, 4.69) is 23.2 Å². The summed E-state index contributed by atoms with van der Waals surface area (Å²) in [6.45, 7) is 6.30. The summed E-state index contributed by atoms with van der Waals surface area (Å²) in [7, 11) is 0. The van der Waals surface area contributed by atoms with Crippen molar-refractivity contribution >= 4 is 34.3 Å². The van der Waals surface area contributed by atoms with E-state index in [9.17, 15) is 5.11 Å². The van der Waals surface area contributed by atoms with Gasteiger partial charge < -0.3 is 15.2 Å². The van der Waals surface area contributed by atoms with Crippen LogP contribution in [0.2, 0.25) is 4.34 Å².